The molecule has 1 saturated heterocycles. The molecule has 0 bridgehead atoms. The van der Waals surface area contributed by atoms with E-state index in [9.17, 15) is 13.2 Å². The van der Waals surface area contributed by atoms with Crippen LogP contribution in [-0.4, -0.2) is 43.3 Å². The molecule has 0 aliphatic carbocycles. The fraction of sp³-hybridized carbons (Fsp3) is 1.00. The Morgan fingerprint density at radius 1 is 1.21 bits per heavy atom. The zero-order chi connectivity index (χ0) is 14.3. The minimum atomic E-state index is -4.06. The maximum atomic E-state index is 12.3. The summed E-state index contributed by atoms with van der Waals surface area (Å²) < 4.78 is 36.9. The van der Waals surface area contributed by atoms with E-state index >= 15 is 0 Å². The Kier molecular flexibility index (Phi) is 7.15. The zero-order valence-electron chi connectivity index (χ0n) is 12.1. The second-order valence-corrected chi connectivity index (χ2v) is 5.69. The van der Waals surface area contributed by atoms with Gasteiger partial charge in [-0.3, -0.25) is 4.90 Å². The third kappa shape index (κ3) is 7.16. The fourth-order valence-corrected chi connectivity index (χ4v) is 2.86. The van der Waals surface area contributed by atoms with Crippen LogP contribution in [0, 0.1) is 5.92 Å². The number of alkyl halides is 3. The maximum Gasteiger partial charge on any atom is 0.401 e. The van der Waals surface area contributed by atoms with Gasteiger partial charge in [-0.15, -0.1) is 0 Å². The average Bonchev–Trinajstić information content (AvgIpc) is 2.72. The van der Waals surface area contributed by atoms with Crippen LogP contribution in [0.5, 0.6) is 0 Å². The number of hydrogen-bond donors (Lipinski definition) is 1. The molecule has 1 heterocycles. The standard InChI is InChI=1S/C14H27F3N2/c1-3-5-13(6-4-2)18-9-12-7-8-19(10-12)11-14(15,16)17/h12-13,18H,3-11H2,1-2H3. The van der Waals surface area contributed by atoms with Crippen molar-refractivity contribution in [2.24, 2.45) is 5.92 Å². The molecule has 0 aromatic rings. The number of likely N-dealkylation sites (tertiary alicyclic amines) is 1. The summed E-state index contributed by atoms with van der Waals surface area (Å²) in [5, 5.41) is 3.54. The van der Waals surface area contributed by atoms with Crippen molar-refractivity contribution in [2.75, 3.05) is 26.2 Å². The predicted molar refractivity (Wildman–Crippen MR) is 72.2 cm³/mol. The first-order valence-electron chi connectivity index (χ1n) is 7.47. The Morgan fingerprint density at radius 2 is 1.84 bits per heavy atom. The van der Waals surface area contributed by atoms with Crippen molar-refractivity contribution in [3.05, 3.63) is 0 Å². The van der Waals surface area contributed by atoms with Crippen LogP contribution in [0.2, 0.25) is 0 Å². The molecule has 0 saturated carbocycles. The van der Waals surface area contributed by atoms with Crippen molar-refractivity contribution >= 4 is 0 Å². The Bertz CT molecular complexity index is 237. The van der Waals surface area contributed by atoms with Crippen LogP contribution in [0.4, 0.5) is 13.2 Å². The molecule has 1 rings (SSSR count). The molecule has 1 fully saturated rings. The summed E-state index contributed by atoms with van der Waals surface area (Å²) in [5.41, 5.74) is 0. The highest BCUT2D eigenvalue weighted by Gasteiger charge is 2.34. The Morgan fingerprint density at radius 3 is 2.37 bits per heavy atom. The number of hydrogen-bond acceptors (Lipinski definition) is 2. The fourth-order valence-electron chi connectivity index (χ4n) is 2.86. The largest absolute Gasteiger partial charge is 0.401 e. The van der Waals surface area contributed by atoms with Crippen LogP contribution in [0.1, 0.15) is 46.0 Å². The van der Waals surface area contributed by atoms with Gasteiger partial charge in [-0.2, -0.15) is 13.2 Å². The highest BCUT2D eigenvalue weighted by Crippen LogP contribution is 2.22. The first kappa shape index (κ1) is 16.8. The van der Waals surface area contributed by atoms with E-state index < -0.39 is 12.7 Å². The average molecular weight is 280 g/mol. The number of rotatable bonds is 8. The molecule has 2 nitrogen and oxygen atoms in total. The molecule has 0 amide bonds. The van der Waals surface area contributed by atoms with Crippen molar-refractivity contribution in [1.82, 2.24) is 10.2 Å². The summed E-state index contributed by atoms with van der Waals surface area (Å²) >= 11 is 0. The van der Waals surface area contributed by atoms with Gasteiger partial charge in [0.15, 0.2) is 0 Å². The highest BCUT2D eigenvalue weighted by molar-refractivity contribution is 4.80. The van der Waals surface area contributed by atoms with E-state index in [1.165, 1.54) is 4.90 Å². The molecule has 1 aliphatic rings. The highest BCUT2D eigenvalue weighted by atomic mass is 19.4. The number of nitrogens with one attached hydrogen (secondary N) is 1. The van der Waals surface area contributed by atoms with E-state index in [0.29, 0.717) is 25.0 Å². The minimum absolute atomic E-state index is 0.374. The normalized spacial score (nSPS) is 21.5. The van der Waals surface area contributed by atoms with E-state index in [4.69, 9.17) is 0 Å². The van der Waals surface area contributed by atoms with Gasteiger partial charge in [0.05, 0.1) is 6.54 Å². The first-order chi connectivity index (χ1) is 8.94. The van der Waals surface area contributed by atoms with E-state index in [2.05, 4.69) is 19.2 Å². The van der Waals surface area contributed by atoms with Gasteiger partial charge in [0.1, 0.15) is 0 Å². The minimum Gasteiger partial charge on any atom is -0.314 e. The number of halogens is 3. The summed E-state index contributed by atoms with van der Waals surface area (Å²) in [5.74, 6) is 0.374. The molecule has 5 heteroatoms. The van der Waals surface area contributed by atoms with Gasteiger partial charge in [-0.05, 0) is 38.3 Å². The van der Waals surface area contributed by atoms with E-state index in [1.807, 2.05) is 0 Å². The lowest BCUT2D eigenvalue weighted by Crippen LogP contribution is -2.36. The van der Waals surface area contributed by atoms with Gasteiger partial charge >= 0.3 is 6.18 Å². The van der Waals surface area contributed by atoms with Crippen LogP contribution in [0.15, 0.2) is 0 Å². The monoisotopic (exact) mass is 280 g/mol. The van der Waals surface area contributed by atoms with E-state index in [0.717, 1.165) is 38.6 Å². The van der Waals surface area contributed by atoms with E-state index in [1.54, 1.807) is 0 Å². The topological polar surface area (TPSA) is 15.3 Å². The van der Waals surface area contributed by atoms with Gasteiger partial charge in [0, 0.05) is 12.6 Å². The Labute approximate surface area is 114 Å². The van der Waals surface area contributed by atoms with Gasteiger partial charge in [0.25, 0.3) is 0 Å². The third-order valence-corrected chi connectivity index (χ3v) is 3.74. The summed E-state index contributed by atoms with van der Waals surface area (Å²) in [7, 11) is 0. The molecule has 1 N–H and O–H groups in total. The van der Waals surface area contributed by atoms with Crippen molar-refractivity contribution in [3.8, 4) is 0 Å². The molecule has 1 atom stereocenters. The van der Waals surface area contributed by atoms with Crippen LogP contribution >= 0.6 is 0 Å². The van der Waals surface area contributed by atoms with E-state index in [-0.39, 0.29) is 0 Å². The smallest absolute Gasteiger partial charge is 0.314 e. The van der Waals surface area contributed by atoms with Crippen LogP contribution in [-0.2, 0) is 0 Å². The summed E-state index contributed by atoms with van der Waals surface area (Å²) in [6.45, 7) is 5.61. The Balaban J connectivity index is 2.23. The lowest BCUT2D eigenvalue weighted by molar-refractivity contribution is -0.143. The van der Waals surface area contributed by atoms with Crippen LogP contribution in [0.25, 0.3) is 0 Å². The molecule has 114 valence electrons. The maximum absolute atomic E-state index is 12.3. The quantitative estimate of drug-likeness (QED) is 0.733. The van der Waals surface area contributed by atoms with Crippen LogP contribution < -0.4 is 5.32 Å². The molecular formula is C14H27F3N2. The summed E-state index contributed by atoms with van der Waals surface area (Å²) in [6.07, 6.45) is 1.45. The van der Waals surface area contributed by atoms with Gasteiger partial charge in [0.2, 0.25) is 0 Å². The summed E-state index contributed by atoms with van der Waals surface area (Å²) in [4.78, 5) is 1.53. The molecular weight excluding hydrogens is 253 g/mol. The molecule has 1 aliphatic heterocycles. The lowest BCUT2D eigenvalue weighted by Gasteiger charge is -2.21. The van der Waals surface area contributed by atoms with Crippen molar-refractivity contribution in [2.45, 2.75) is 58.2 Å². The van der Waals surface area contributed by atoms with Crippen molar-refractivity contribution in [1.29, 1.82) is 0 Å². The molecule has 0 spiro atoms. The van der Waals surface area contributed by atoms with Crippen LogP contribution in [0.3, 0.4) is 0 Å². The second-order valence-electron chi connectivity index (χ2n) is 5.69. The molecule has 19 heavy (non-hydrogen) atoms. The summed E-state index contributed by atoms with van der Waals surface area (Å²) in [6, 6.07) is 0.534. The van der Waals surface area contributed by atoms with Gasteiger partial charge in [-0.1, -0.05) is 26.7 Å². The van der Waals surface area contributed by atoms with Crippen molar-refractivity contribution < 1.29 is 13.2 Å². The third-order valence-electron chi connectivity index (χ3n) is 3.74. The molecule has 1 unspecified atom stereocenters. The SMILES string of the molecule is CCCC(CCC)NCC1CCN(CC(F)(F)F)C1. The zero-order valence-corrected chi connectivity index (χ0v) is 12.1. The molecule has 0 aromatic heterocycles. The lowest BCUT2D eigenvalue weighted by atomic mass is 10.0. The van der Waals surface area contributed by atoms with Gasteiger partial charge < -0.3 is 5.32 Å². The van der Waals surface area contributed by atoms with Gasteiger partial charge in [-0.25, -0.2) is 0 Å². The first-order valence-corrected chi connectivity index (χ1v) is 7.47. The molecule has 0 radical (unpaired) electrons. The Hall–Kier alpha value is -0.290. The van der Waals surface area contributed by atoms with Crippen molar-refractivity contribution in [3.63, 3.8) is 0 Å². The molecule has 0 aromatic carbocycles. The predicted octanol–water partition coefficient (Wildman–Crippen LogP) is 3.43. The number of nitrogens with zero attached hydrogens (tertiary/aromatic N) is 1. The second kappa shape index (κ2) is 8.10.